The molecule has 0 unspecified atom stereocenters. The summed E-state index contributed by atoms with van der Waals surface area (Å²) in [4.78, 5) is 44.4. The standard InChI is InChI=1S/C22H20N4O4S2/c23-21(29)20-13-3-1-2-4-17(13)32-22(20)25-18(27)8-26-15-7-12(14-10-31-11-24-14)5-6-16(15)30-9-19(26)28/h5-7,10-11H,1-4,8-9H2,(H2,23,29)(H,25,27). The van der Waals surface area contributed by atoms with E-state index in [2.05, 4.69) is 10.3 Å². The van der Waals surface area contributed by atoms with Crippen LogP contribution in [-0.4, -0.2) is 35.9 Å². The predicted octanol–water partition coefficient (Wildman–Crippen LogP) is 3.21. The van der Waals surface area contributed by atoms with E-state index < -0.39 is 11.8 Å². The third-order valence-electron chi connectivity index (χ3n) is 5.60. The number of aromatic nitrogens is 1. The first kappa shape index (κ1) is 20.7. The van der Waals surface area contributed by atoms with Gasteiger partial charge in [-0.2, -0.15) is 0 Å². The van der Waals surface area contributed by atoms with Crippen LogP contribution in [0.5, 0.6) is 5.75 Å². The molecule has 1 aromatic carbocycles. The van der Waals surface area contributed by atoms with Crippen LogP contribution in [0.15, 0.2) is 29.1 Å². The van der Waals surface area contributed by atoms with Crippen molar-refractivity contribution < 1.29 is 19.1 Å². The topological polar surface area (TPSA) is 115 Å². The van der Waals surface area contributed by atoms with E-state index in [1.807, 2.05) is 11.4 Å². The zero-order chi connectivity index (χ0) is 22.2. The summed E-state index contributed by atoms with van der Waals surface area (Å²) in [5.41, 5.74) is 10.8. The number of ether oxygens (including phenoxy) is 1. The first-order valence-corrected chi connectivity index (χ1v) is 12.0. The van der Waals surface area contributed by atoms with Crippen LogP contribution in [0.1, 0.15) is 33.6 Å². The van der Waals surface area contributed by atoms with Gasteiger partial charge < -0.3 is 15.8 Å². The summed E-state index contributed by atoms with van der Waals surface area (Å²) in [5.74, 6) is -0.726. The van der Waals surface area contributed by atoms with Gasteiger partial charge in [0.15, 0.2) is 6.61 Å². The van der Waals surface area contributed by atoms with Crippen molar-refractivity contribution in [2.45, 2.75) is 25.7 Å². The second-order valence-corrected chi connectivity index (χ2v) is 9.48. The van der Waals surface area contributed by atoms with Gasteiger partial charge in [-0.05, 0) is 49.4 Å². The van der Waals surface area contributed by atoms with E-state index in [9.17, 15) is 14.4 Å². The number of amides is 3. The monoisotopic (exact) mass is 468 g/mol. The lowest BCUT2D eigenvalue weighted by Gasteiger charge is -2.29. The maximum absolute atomic E-state index is 12.9. The molecule has 0 saturated heterocycles. The van der Waals surface area contributed by atoms with E-state index in [1.165, 1.54) is 27.6 Å². The van der Waals surface area contributed by atoms with Gasteiger partial charge in [-0.15, -0.1) is 22.7 Å². The number of thiophene rings is 1. The van der Waals surface area contributed by atoms with Crippen molar-refractivity contribution in [2.24, 2.45) is 5.73 Å². The molecule has 3 heterocycles. The van der Waals surface area contributed by atoms with E-state index in [0.29, 0.717) is 22.0 Å². The Morgan fingerprint density at radius 3 is 2.88 bits per heavy atom. The van der Waals surface area contributed by atoms with Gasteiger partial charge >= 0.3 is 0 Å². The normalized spacial score (nSPS) is 15.0. The van der Waals surface area contributed by atoms with Crippen molar-refractivity contribution in [2.75, 3.05) is 23.4 Å². The number of aryl methyl sites for hydroxylation is 1. The summed E-state index contributed by atoms with van der Waals surface area (Å²) in [5, 5.41) is 5.20. The number of nitrogens with one attached hydrogen (secondary N) is 1. The fourth-order valence-electron chi connectivity index (χ4n) is 4.11. The molecule has 5 rings (SSSR count). The van der Waals surface area contributed by atoms with Crippen molar-refractivity contribution in [1.29, 1.82) is 0 Å². The van der Waals surface area contributed by atoms with E-state index in [-0.39, 0.29) is 19.1 Å². The van der Waals surface area contributed by atoms with E-state index in [4.69, 9.17) is 10.5 Å². The number of carbonyl (C=O) groups is 3. The fraction of sp³-hybridized carbons (Fsp3) is 0.273. The number of anilines is 2. The number of benzene rings is 1. The molecule has 0 saturated carbocycles. The number of nitrogens with two attached hydrogens (primary N) is 1. The Balaban J connectivity index is 1.41. The number of carbonyl (C=O) groups excluding carboxylic acids is 3. The molecular weight excluding hydrogens is 448 g/mol. The van der Waals surface area contributed by atoms with Gasteiger partial charge in [0.1, 0.15) is 17.3 Å². The lowest BCUT2D eigenvalue weighted by Crippen LogP contribution is -2.43. The molecule has 0 bridgehead atoms. The maximum atomic E-state index is 12.9. The van der Waals surface area contributed by atoms with Crippen molar-refractivity contribution in [3.63, 3.8) is 0 Å². The molecule has 3 amide bonds. The average molecular weight is 469 g/mol. The zero-order valence-corrected chi connectivity index (χ0v) is 18.7. The summed E-state index contributed by atoms with van der Waals surface area (Å²) in [6.45, 7) is -0.341. The van der Waals surface area contributed by atoms with E-state index >= 15 is 0 Å². The fourth-order valence-corrected chi connectivity index (χ4v) is 5.99. The number of rotatable bonds is 5. The predicted molar refractivity (Wildman–Crippen MR) is 124 cm³/mol. The van der Waals surface area contributed by atoms with Crippen LogP contribution in [-0.2, 0) is 22.4 Å². The summed E-state index contributed by atoms with van der Waals surface area (Å²) >= 11 is 2.88. The largest absolute Gasteiger partial charge is 0.482 e. The minimum absolute atomic E-state index is 0.143. The highest BCUT2D eigenvalue weighted by molar-refractivity contribution is 7.17. The Bertz CT molecular complexity index is 1220. The molecule has 0 radical (unpaired) electrons. The lowest BCUT2D eigenvalue weighted by molar-refractivity contribution is -0.123. The van der Waals surface area contributed by atoms with Crippen LogP contribution in [0.2, 0.25) is 0 Å². The summed E-state index contributed by atoms with van der Waals surface area (Å²) < 4.78 is 5.54. The molecule has 3 aromatic rings. The molecule has 0 fully saturated rings. The highest BCUT2D eigenvalue weighted by Gasteiger charge is 2.30. The number of hydrogen-bond donors (Lipinski definition) is 2. The Morgan fingerprint density at radius 2 is 2.09 bits per heavy atom. The Morgan fingerprint density at radius 1 is 1.25 bits per heavy atom. The second kappa shape index (κ2) is 8.36. The van der Waals surface area contributed by atoms with Crippen molar-refractivity contribution in [3.05, 3.63) is 45.1 Å². The number of nitrogens with zero attached hydrogens (tertiary/aromatic N) is 2. The SMILES string of the molecule is NC(=O)c1c(NC(=O)CN2C(=O)COc3ccc(-c4cscn4)cc32)sc2c1CCCC2. The van der Waals surface area contributed by atoms with Crippen molar-refractivity contribution in [3.8, 4) is 17.0 Å². The van der Waals surface area contributed by atoms with Gasteiger partial charge in [-0.1, -0.05) is 0 Å². The molecule has 0 atom stereocenters. The van der Waals surface area contributed by atoms with Crippen LogP contribution in [0.4, 0.5) is 10.7 Å². The molecule has 3 N–H and O–H groups in total. The first-order valence-electron chi connectivity index (χ1n) is 10.2. The van der Waals surface area contributed by atoms with Gasteiger partial charge in [0, 0.05) is 15.8 Å². The van der Waals surface area contributed by atoms with E-state index in [0.717, 1.165) is 47.4 Å². The minimum atomic E-state index is -0.541. The number of hydrogen-bond acceptors (Lipinski definition) is 7. The van der Waals surface area contributed by atoms with Gasteiger partial charge in [-0.3, -0.25) is 19.3 Å². The van der Waals surface area contributed by atoms with Crippen molar-refractivity contribution >= 4 is 51.1 Å². The molecule has 1 aliphatic heterocycles. The number of fused-ring (bicyclic) bond motifs is 2. The van der Waals surface area contributed by atoms with Gasteiger partial charge in [-0.25, -0.2) is 4.98 Å². The summed E-state index contributed by atoms with van der Waals surface area (Å²) in [6, 6.07) is 5.45. The average Bonchev–Trinajstić information content (AvgIpc) is 3.43. The molecule has 1 aliphatic carbocycles. The molecule has 164 valence electrons. The lowest BCUT2D eigenvalue weighted by atomic mass is 9.95. The number of thiazole rings is 1. The third-order valence-corrected chi connectivity index (χ3v) is 7.40. The molecule has 2 aromatic heterocycles. The van der Waals surface area contributed by atoms with Gasteiger partial charge in [0.2, 0.25) is 5.91 Å². The van der Waals surface area contributed by atoms with Crippen LogP contribution < -0.4 is 20.7 Å². The van der Waals surface area contributed by atoms with Crippen LogP contribution in [0.25, 0.3) is 11.3 Å². The van der Waals surface area contributed by atoms with Crippen LogP contribution in [0.3, 0.4) is 0 Å². The molecule has 32 heavy (non-hydrogen) atoms. The molecular formula is C22H20N4O4S2. The zero-order valence-electron chi connectivity index (χ0n) is 17.1. The highest BCUT2D eigenvalue weighted by Crippen LogP contribution is 2.39. The summed E-state index contributed by atoms with van der Waals surface area (Å²) in [6.07, 6.45) is 3.72. The van der Waals surface area contributed by atoms with Crippen molar-refractivity contribution in [1.82, 2.24) is 4.98 Å². The van der Waals surface area contributed by atoms with Gasteiger partial charge in [0.25, 0.3) is 11.8 Å². The second-order valence-electron chi connectivity index (χ2n) is 7.65. The smallest absolute Gasteiger partial charge is 0.265 e. The molecule has 10 heteroatoms. The molecule has 2 aliphatic rings. The molecule has 8 nitrogen and oxygen atoms in total. The number of primary amides is 1. The quantitative estimate of drug-likeness (QED) is 0.597. The Labute approximate surface area is 192 Å². The summed E-state index contributed by atoms with van der Waals surface area (Å²) in [7, 11) is 0. The Kier molecular flexibility index (Phi) is 5.40. The Hall–Kier alpha value is -3.24. The van der Waals surface area contributed by atoms with E-state index in [1.54, 1.807) is 17.6 Å². The maximum Gasteiger partial charge on any atom is 0.265 e. The molecule has 0 spiro atoms. The van der Waals surface area contributed by atoms with Crippen LogP contribution in [0, 0.1) is 0 Å². The highest BCUT2D eigenvalue weighted by atomic mass is 32.1. The van der Waals surface area contributed by atoms with Gasteiger partial charge in [0.05, 0.1) is 22.5 Å². The van der Waals surface area contributed by atoms with Crippen LogP contribution >= 0.6 is 22.7 Å². The minimum Gasteiger partial charge on any atom is -0.482 e. The third kappa shape index (κ3) is 3.76. The first-order chi connectivity index (χ1) is 15.5.